The van der Waals surface area contributed by atoms with Crippen LogP contribution >= 0.6 is 15.9 Å². The quantitative estimate of drug-likeness (QED) is 0.673. The molecule has 3 rings (SSSR count). The van der Waals surface area contributed by atoms with Crippen LogP contribution < -0.4 is 10.6 Å². The van der Waals surface area contributed by atoms with E-state index in [4.69, 9.17) is 0 Å². The van der Waals surface area contributed by atoms with Gasteiger partial charge in [0.2, 0.25) is 11.8 Å². The molecule has 2 amide bonds. The molecule has 0 saturated heterocycles. The van der Waals surface area contributed by atoms with Crippen molar-refractivity contribution in [1.82, 2.24) is 10.3 Å². The Balaban J connectivity index is 1.57. The Morgan fingerprint density at radius 2 is 1.88 bits per heavy atom. The van der Waals surface area contributed by atoms with Crippen molar-refractivity contribution in [2.75, 3.05) is 11.9 Å². The van der Waals surface area contributed by atoms with E-state index in [2.05, 4.69) is 31.5 Å². The summed E-state index contributed by atoms with van der Waals surface area (Å²) >= 11 is 3.39. The van der Waals surface area contributed by atoms with E-state index in [-0.39, 0.29) is 24.8 Å². The van der Waals surface area contributed by atoms with Gasteiger partial charge < -0.3 is 10.6 Å². The third-order valence-electron chi connectivity index (χ3n) is 3.98. The molecule has 0 aliphatic heterocycles. The number of nitrogens with zero attached hydrogens (tertiary/aromatic N) is 1. The summed E-state index contributed by atoms with van der Waals surface area (Å²) in [5.74, 6) is -0.481. The number of amides is 2. The molecule has 0 aliphatic carbocycles. The van der Waals surface area contributed by atoms with Gasteiger partial charge in [-0.3, -0.25) is 14.6 Å². The molecule has 0 bridgehead atoms. The first-order valence-electron chi connectivity index (χ1n) is 8.18. The number of aromatic nitrogens is 1. The third kappa shape index (κ3) is 4.46. The van der Waals surface area contributed by atoms with E-state index >= 15 is 0 Å². The van der Waals surface area contributed by atoms with E-state index in [9.17, 15) is 9.59 Å². The lowest BCUT2D eigenvalue weighted by Crippen LogP contribution is -2.34. The molecule has 0 radical (unpaired) electrons. The average molecular weight is 412 g/mol. The first-order chi connectivity index (χ1) is 12.5. The van der Waals surface area contributed by atoms with E-state index < -0.39 is 0 Å². The number of carbonyl (C=O) groups excluding carboxylic acids is 2. The normalized spacial score (nSPS) is 10.5. The number of aryl methyl sites for hydroxylation is 1. The summed E-state index contributed by atoms with van der Waals surface area (Å²) in [7, 11) is 0. The summed E-state index contributed by atoms with van der Waals surface area (Å²) in [6.45, 7) is 1.83. The Bertz CT molecular complexity index is 967. The van der Waals surface area contributed by atoms with Gasteiger partial charge in [0, 0.05) is 21.7 Å². The SMILES string of the molecule is Cc1cc(Br)ccc1NC(=O)CNC(=O)Cc1cccc2cccnc12. The summed E-state index contributed by atoms with van der Waals surface area (Å²) in [4.78, 5) is 28.6. The summed E-state index contributed by atoms with van der Waals surface area (Å²) in [6.07, 6.45) is 1.89. The Labute approximate surface area is 160 Å². The summed E-state index contributed by atoms with van der Waals surface area (Å²) in [6, 6.07) is 15.1. The summed E-state index contributed by atoms with van der Waals surface area (Å²) in [5, 5.41) is 6.45. The molecule has 0 aliphatic rings. The number of anilines is 1. The van der Waals surface area contributed by atoms with Crippen molar-refractivity contribution in [2.45, 2.75) is 13.3 Å². The summed E-state index contributed by atoms with van der Waals surface area (Å²) in [5.41, 5.74) is 3.32. The van der Waals surface area contributed by atoms with Crippen LogP contribution in [0.15, 0.2) is 59.2 Å². The van der Waals surface area contributed by atoms with Gasteiger partial charge >= 0.3 is 0 Å². The van der Waals surface area contributed by atoms with E-state index in [0.717, 1.165) is 32.2 Å². The van der Waals surface area contributed by atoms with Gasteiger partial charge in [0.15, 0.2) is 0 Å². The van der Waals surface area contributed by atoms with Crippen molar-refractivity contribution >= 4 is 44.3 Å². The summed E-state index contributed by atoms with van der Waals surface area (Å²) < 4.78 is 0.949. The first-order valence-corrected chi connectivity index (χ1v) is 8.97. The zero-order chi connectivity index (χ0) is 18.5. The maximum Gasteiger partial charge on any atom is 0.243 e. The number of pyridine rings is 1. The van der Waals surface area contributed by atoms with Crippen LogP contribution in [0.4, 0.5) is 5.69 Å². The monoisotopic (exact) mass is 411 g/mol. The standard InChI is InChI=1S/C20H18BrN3O2/c1-13-10-16(21)7-8-17(13)24-19(26)12-23-18(25)11-15-5-2-4-14-6-3-9-22-20(14)15/h2-10H,11-12H2,1H3,(H,23,25)(H,24,26). The van der Waals surface area contributed by atoms with Crippen LogP contribution in [0.5, 0.6) is 0 Å². The minimum Gasteiger partial charge on any atom is -0.347 e. The second-order valence-electron chi connectivity index (χ2n) is 5.95. The molecule has 132 valence electrons. The number of hydrogen-bond donors (Lipinski definition) is 2. The second-order valence-corrected chi connectivity index (χ2v) is 6.87. The smallest absolute Gasteiger partial charge is 0.243 e. The molecule has 0 unspecified atom stereocenters. The van der Waals surface area contributed by atoms with Gasteiger partial charge in [-0.25, -0.2) is 0 Å². The highest BCUT2D eigenvalue weighted by Crippen LogP contribution is 2.20. The van der Waals surface area contributed by atoms with Crippen LogP contribution in [0.2, 0.25) is 0 Å². The minimum absolute atomic E-state index is 0.0769. The van der Waals surface area contributed by atoms with E-state index in [1.54, 1.807) is 6.20 Å². The van der Waals surface area contributed by atoms with Gasteiger partial charge in [-0.15, -0.1) is 0 Å². The van der Waals surface area contributed by atoms with Gasteiger partial charge in [0.25, 0.3) is 0 Å². The number of para-hydroxylation sites is 1. The molecule has 26 heavy (non-hydrogen) atoms. The van der Waals surface area contributed by atoms with E-state index in [0.29, 0.717) is 0 Å². The molecule has 3 aromatic rings. The number of rotatable bonds is 5. The van der Waals surface area contributed by atoms with Crippen molar-refractivity contribution < 1.29 is 9.59 Å². The van der Waals surface area contributed by atoms with Gasteiger partial charge in [-0.1, -0.05) is 40.2 Å². The van der Waals surface area contributed by atoms with E-state index in [1.807, 2.05) is 55.5 Å². The fourth-order valence-corrected chi connectivity index (χ4v) is 3.16. The molecular formula is C20H18BrN3O2. The Morgan fingerprint density at radius 3 is 2.69 bits per heavy atom. The molecule has 0 atom stereocenters. The highest BCUT2D eigenvalue weighted by atomic mass is 79.9. The Morgan fingerprint density at radius 1 is 1.08 bits per heavy atom. The molecule has 0 spiro atoms. The van der Waals surface area contributed by atoms with E-state index in [1.165, 1.54) is 0 Å². The molecule has 1 heterocycles. The fraction of sp³-hybridized carbons (Fsp3) is 0.150. The van der Waals surface area contributed by atoms with Gasteiger partial charge in [0.05, 0.1) is 18.5 Å². The van der Waals surface area contributed by atoms with Crippen LogP contribution in [-0.4, -0.2) is 23.3 Å². The van der Waals surface area contributed by atoms with Gasteiger partial charge in [-0.05, 0) is 42.3 Å². The molecule has 1 aromatic heterocycles. The Kier molecular flexibility index (Phi) is 5.63. The maximum atomic E-state index is 12.2. The molecule has 0 saturated carbocycles. The number of nitrogens with one attached hydrogen (secondary N) is 2. The van der Waals surface area contributed by atoms with Crippen molar-refractivity contribution in [3.8, 4) is 0 Å². The minimum atomic E-state index is -0.264. The van der Waals surface area contributed by atoms with Gasteiger partial charge in [0.1, 0.15) is 0 Å². The van der Waals surface area contributed by atoms with Crippen LogP contribution in [0.3, 0.4) is 0 Å². The van der Waals surface area contributed by atoms with Gasteiger partial charge in [-0.2, -0.15) is 0 Å². The number of halogens is 1. The van der Waals surface area contributed by atoms with Crippen LogP contribution in [0.1, 0.15) is 11.1 Å². The first kappa shape index (κ1) is 18.1. The lowest BCUT2D eigenvalue weighted by atomic mass is 10.1. The molecule has 0 fully saturated rings. The molecule has 2 aromatic carbocycles. The zero-order valence-corrected chi connectivity index (χ0v) is 15.8. The van der Waals surface area contributed by atoms with Crippen LogP contribution in [0.25, 0.3) is 10.9 Å². The molecular weight excluding hydrogens is 394 g/mol. The van der Waals surface area contributed by atoms with Crippen LogP contribution in [-0.2, 0) is 16.0 Å². The predicted molar refractivity (Wildman–Crippen MR) is 106 cm³/mol. The number of fused-ring (bicyclic) bond motifs is 1. The van der Waals surface area contributed by atoms with Crippen molar-refractivity contribution in [3.63, 3.8) is 0 Å². The van der Waals surface area contributed by atoms with Crippen LogP contribution in [0, 0.1) is 6.92 Å². The number of carbonyl (C=O) groups is 2. The van der Waals surface area contributed by atoms with Crippen molar-refractivity contribution in [1.29, 1.82) is 0 Å². The average Bonchev–Trinajstić information content (AvgIpc) is 2.63. The largest absolute Gasteiger partial charge is 0.347 e. The lowest BCUT2D eigenvalue weighted by molar-refractivity contribution is -0.123. The molecule has 6 heteroatoms. The maximum absolute atomic E-state index is 12.2. The highest BCUT2D eigenvalue weighted by molar-refractivity contribution is 9.10. The number of benzene rings is 2. The van der Waals surface area contributed by atoms with Crippen molar-refractivity contribution in [3.05, 3.63) is 70.3 Å². The predicted octanol–water partition coefficient (Wildman–Crippen LogP) is 3.60. The zero-order valence-electron chi connectivity index (χ0n) is 14.3. The highest BCUT2D eigenvalue weighted by Gasteiger charge is 2.10. The Hall–Kier alpha value is -2.73. The topological polar surface area (TPSA) is 71.1 Å². The fourth-order valence-electron chi connectivity index (χ4n) is 2.69. The third-order valence-corrected chi connectivity index (χ3v) is 4.47. The lowest BCUT2D eigenvalue weighted by Gasteiger charge is -2.10. The molecule has 5 nitrogen and oxygen atoms in total. The molecule has 2 N–H and O–H groups in total. The second kappa shape index (κ2) is 8.10. The van der Waals surface area contributed by atoms with Crippen molar-refractivity contribution in [2.24, 2.45) is 0 Å². The number of hydrogen-bond acceptors (Lipinski definition) is 3.